The molecular weight excluding hydrogens is 550 g/mol. The van der Waals surface area contributed by atoms with Gasteiger partial charge in [0.15, 0.2) is 5.82 Å². The van der Waals surface area contributed by atoms with Crippen LogP contribution in [0.1, 0.15) is 19.4 Å². The summed E-state index contributed by atoms with van der Waals surface area (Å²) >= 11 is 0. The summed E-state index contributed by atoms with van der Waals surface area (Å²) in [6.45, 7) is 6.88. The minimum Gasteiger partial charge on any atom is -0.492 e. The van der Waals surface area contributed by atoms with Gasteiger partial charge >= 0.3 is 0 Å². The van der Waals surface area contributed by atoms with E-state index in [2.05, 4.69) is 30.3 Å². The van der Waals surface area contributed by atoms with Gasteiger partial charge in [-0.1, -0.05) is 12.1 Å². The molecule has 1 atom stereocenters. The van der Waals surface area contributed by atoms with Gasteiger partial charge in [-0.05, 0) is 31.5 Å². The summed E-state index contributed by atoms with van der Waals surface area (Å²) < 4.78 is 14.8. The fourth-order valence-corrected chi connectivity index (χ4v) is 5.12. The molecular formula is C30H35N9O4. The van der Waals surface area contributed by atoms with Crippen LogP contribution in [0.4, 0.5) is 11.6 Å². The summed E-state index contributed by atoms with van der Waals surface area (Å²) in [5.74, 6) is 2.14. The molecule has 1 aromatic carbocycles. The first kappa shape index (κ1) is 28.5. The van der Waals surface area contributed by atoms with Crippen molar-refractivity contribution in [1.82, 2.24) is 39.4 Å². The van der Waals surface area contributed by atoms with Crippen LogP contribution < -0.4 is 15.6 Å². The molecule has 0 radical (unpaired) electrons. The quantitative estimate of drug-likeness (QED) is 0.211. The largest absolute Gasteiger partial charge is 0.492 e. The summed E-state index contributed by atoms with van der Waals surface area (Å²) in [7, 11) is 1.64. The summed E-state index contributed by atoms with van der Waals surface area (Å²) in [6, 6.07) is 11.5. The predicted molar refractivity (Wildman–Crippen MR) is 162 cm³/mol. The van der Waals surface area contributed by atoms with Crippen LogP contribution in [0.5, 0.6) is 5.75 Å². The second-order valence-corrected chi connectivity index (χ2v) is 10.5. The molecule has 5 heterocycles. The number of hydrogen-bond donors (Lipinski definition) is 3. The Morgan fingerprint density at radius 2 is 2.02 bits per heavy atom. The zero-order chi connectivity index (χ0) is 29.8. The molecule has 3 N–H and O–H groups in total. The summed E-state index contributed by atoms with van der Waals surface area (Å²) in [4.78, 5) is 28.2. The second-order valence-electron chi connectivity index (χ2n) is 10.5. The van der Waals surface area contributed by atoms with Crippen molar-refractivity contribution in [3.05, 3.63) is 65.3 Å². The van der Waals surface area contributed by atoms with Gasteiger partial charge in [0.1, 0.15) is 35.2 Å². The number of pyridine rings is 1. The maximum Gasteiger partial charge on any atom is 0.277 e. The van der Waals surface area contributed by atoms with Gasteiger partial charge in [0.05, 0.1) is 24.8 Å². The normalized spacial score (nSPS) is 14.7. The fourth-order valence-electron chi connectivity index (χ4n) is 5.12. The number of nitrogens with zero attached hydrogens (tertiary/aromatic N) is 7. The van der Waals surface area contributed by atoms with Gasteiger partial charge in [0, 0.05) is 68.9 Å². The molecule has 43 heavy (non-hydrogen) atoms. The van der Waals surface area contributed by atoms with Crippen LogP contribution in [0.3, 0.4) is 0 Å². The van der Waals surface area contributed by atoms with Crippen molar-refractivity contribution in [2.75, 3.05) is 51.4 Å². The minimum atomic E-state index is -0.211. The number of ether oxygens (including phenoxy) is 2. The summed E-state index contributed by atoms with van der Waals surface area (Å²) in [5.41, 5.74) is 2.73. The van der Waals surface area contributed by atoms with Crippen LogP contribution in [0.15, 0.2) is 59.8 Å². The van der Waals surface area contributed by atoms with E-state index in [9.17, 15) is 9.90 Å². The monoisotopic (exact) mass is 585 g/mol. The molecule has 13 heteroatoms. The maximum absolute atomic E-state index is 12.4. The predicted octanol–water partition coefficient (Wildman–Crippen LogP) is 2.98. The Kier molecular flexibility index (Phi) is 8.45. The summed E-state index contributed by atoms with van der Waals surface area (Å²) in [6.07, 6.45) is 5.51. The maximum atomic E-state index is 12.4. The number of aliphatic hydroxyl groups is 1. The van der Waals surface area contributed by atoms with Crippen molar-refractivity contribution in [2.24, 2.45) is 7.05 Å². The topological polar surface area (TPSA) is 148 Å². The van der Waals surface area contributed by atoms with Crippen LogP contribution in [0.2, 0.25) is 0 Å². The molecule has 0 amide bonds. The molecule has 0 spiro atoms. The van der Waals surface area contributed by atoms with Crippen molar-refractivity contribution in [1.29, 1.82) is 0 Å². The third kappa shape index (κ3) is 6.28. The number of aliphatic hydroxyl groups excluding tert-OH is 1. The number of aryl methyl sites for hydroxylation is 1. The van der Waals surface area contributed by atoms with Crippen LogP contribution in [-0.4, -0.2) is 90.6 Å². The Balaban J connectivity index is 1.27. The van der Waals surface area contributed by atoms with E-state index in [0.717, 1.165) is 60.8 Å². The third-order valence-electron chi connectivity index (χ3n) is 7.53. The lowest BCUT2D eigenvalue weighted by Gasteiger charge is -2.26. The van der Waals surface area contributed by atoms with E-state index in [-0.39, 0.29) is 18.2 Å². The van der Waals surface area contributed by atoms with E-state index in [4.69, 9.17) is 14.6 Å². The Labute approximate surface area is 248 Å². The Hall–Kier alpha value is -4.59. The number of benzene rings is 1. The van der Waals surface area contributed by atoms with Crippen LogP contribution in [-0.2, 0) is 11.8 Å². The summed E-state index contributed by atoms with van der Waals surface area (Å²) in [5, 5.41) is 21.6. The molecule has 13 nitrogen and oxygen atoms in total. The number of rotatable bonds is 11. The molecule has 0 bridgehead atoms. The van der Waals surface area contributed by atoms with Crippen molar-refractivity contribution in [2.45, 2.75) is 19.4 Å². The van der Waals surface area contributed by atoms with E-state index in [1.807, 2.05) is 41.9 Å². The number of fused-ring (bicyclic) bond motifs is 1. The fraction of sp³-hybridized carbons (Fsp3) is 0.367. The van der Waals surface area contributed by atoms with Crippen molar-refractivity contribution < 1.29 is 14.6 Å². The van der Waals surface area contributed by atoms with Crippen LogP contribution in [0.25, 0.3) is 33.5 Å². The number of hydrogen-bond acceptors (Lipinski definition) is 10. The smallest absolute Gasteiger partial charge is 0.277 e. The van der Waals surface area contributed by atoms with Gasteiger partial charge < -0.3 is 25.0 Å². The Morgan fingerprint density at radius 1 is 1.16 bits per heavy atom. The molecule has 1 aliphatic rings. The van der Waals surface area contributed by atoms with E-state index >= 15 is 0 Å². The van der Waals surface area contributed by atoms with Gasteiger partial charge in [-0.2, -0.15) is 5.10 Å². The highest BCUT2D eigenvalue weighted by molar-refractivity contribution is 5.94. The van der Waals surface area contributed by atoms with Gasteiger partial charge in [0.2, 0.25) is 0 Å². The lowest BCUT2D eigenvalue weighted by Crippen LogP contribution is -2.38. The molecule has 0 unspecified atom stereocenters. The van der Waals surface area contributed by atoms with Crippen LogP contribution in [0, 0.1) is 0 Å². The van der Waals surface area contributed by atoms with Crippen LogP contribution >= 0.6 is 0 Å². The SMILES string of the molecule is C[C@@H](CCO)n1nc(-c2cccc(OCCN3CCOCC3)c2)c2cnc(Nc3ccnc(-c4c[nH]n(C)c4=O)n3)cc21. The van der Waals surface area contributed by atoms with E-state index in [1.165, 1.54) is 4.68 Å². The third-order valence-corrected chi connectivity index (χ3v) is 7.53. The number of aromatic amines is 1. The number of nitrogens with one attached hydrogen (secondary N) is 2. The molecule has 224 valence electrons. The second kappa shape index (κ2) is 12.7. The number of anilines is 2. The van der Waals surface area contributed by atoms with Gasteiger partial charge in [-0.25, -0.2) is 15.0 Å². The van der Waals surface area contributed by atoms with Gasteiger partial charge in [-0.3, -0.25) is 19.1 Å². The highest BCUT2D eigenvalue weighted by Crippen LogP contribution is 2.33. The number of morpholine rings is 1. The van der Waals surface area contributed by atoms with Gasteiger partial charge in [-0.15, -0.1) is 0 Å². The molecule has 4 aromatic heterocycles. The first-order chi connectivity index (χ1) is 21.0. The Morgan fingerprint density at radius 3 is 2.81 bits per heavy atom. The van der Waals surface area contributed by atoms with Crippen molar-refractivity contribution >= 4 is 22.5 Å². The molecule has 1 aliphatic heterocycles. The number of aromatic nitrogens is 7. The highest BCUT2D eigenvalue weighted by atomic mass is 16.5. The molecule has 5 aromatic rings. The first-order valence-electron chi connectivity index (χ1n) is 14.4. The molecule has 0 saturated carbocycles. The minimum absolute atomic E-state index is 0.0445. The zero-order valence-electron chi connectivity index (χ0n) is 24.2. The average molecular weight is 586 g/mol. The van der Waals surface area contributed by atoms with E-state index in [0.29, 0.717) is 36.1 Å². The molecule has 1 saturated heterocycles. The average Bonchev–Trinajstić information content (AvgIpc) is 3.57. The molecule has 1 fully saturated rings. The number of H-pyrrole nitrogens is 1. The standard InChI is InChI=1S/C30H35N9O4/c1-20(7-12-40)39-25-17-27(34-26-6-8-31-29(35-26)24-19-33-37(2)30(24)41)32-18-23(25)28(36-39)21-4-3-5-22(16-21)43-15-11-38-9-13-42-14-10-38/h3-6,8,16-20,33,40H,7,9-15H2,1-2H3,(H,31,32,34,35)/t20-/m0/s1. The van der Waals surface area contributed by atoms with Crippen molar-refractivity contribution in [3.8, 4) is 28.4 Å². The molecule has 0 aliphatic carbocycles. The van der Waals surface area contributed by atoms with E-state index in [1.54, 1.807) is 31.7 Å². The molecule has 6 rings (SSSR count). The Bertz CT molecular complexity index is 1760. The van der Waals surface area contributed by atoms with Crippen molar-refractivity contribution in [3.63, 3.8) is 0 Å². The lowest BCUT2D eigenvalue weighted by atomic mass is 10.1. The zero-order valence-corrected chi connectivity index (χ0v) is 24.2. The first-order valence-corrected chi connectivity index (χ1v) is 14.4. The van der Waals surface area contributed by atoms with Gasteiger partial charge in [0.25, 0.3) is 5.56 Å². The van der Waals surface area contributed by atoms with E-state index < -0.39 is 0 Å². The lowest BCUT2D eigenvalue weighted by molar-refractivity contribution is 0.0322. The highest BCUT2D eigenvalue weighted by Gasteiger charge is 2.19.